The van der Waals surface area contributed by atoms with Crippen molar-refractivity contribution in [3.05, 3.63) is 281 Å². The molecule has 2 heteroatoms. The van der Waals surface area contributed by atoms with Crippen LogP contribution in [0.25, 0.3) is 93.5 Å². The molecule has 0 saturated carbocycles. The van der Waals surface area contributed by atoms with E-state index in [9.17, 15) is 5.26 Å². The van der Waals surface area contributed by atoms with Crippen molar-refractivity contribution < 1.29 is 0 Å². The molecule has 0 aromatic heterocycles. The predicted molar refractivity (Wildman–Crippen MR) is 278 cm³/mol. The van der Waals surface area contributed by atoms with Gasteiger partial charge in [0.2, 0.25) is 0 Å². The van der Waals surface area contributed by atoms with Crippen LogP contribution in [0.5, 0.6) is 0 Å². The third kappa shape index (κ3) is 7.20. The van der Waals surface area contributed by atoms with Gasteiger partial charge in [-0.15, -0.1) is 0 Å². The fourth-order valence-corrected chi connectivity index (χ4v) is 9.69. The van der Waals surface area contributed by atoms with Crippen LogP contribution in [0.3, 0.4) is 0 Å². The first-order chi connectivity index (χ1) is 32.7. The molecule has 0 bridgehead atoms. The van der Waals surface area contributed by atoms with Crippen molar-refractivity contribution in [1.29, 1.82) is 5.26 Å². The average molecular weight is 837 g/mol. The van der Waals surface area contributed by atoms with E-state index in [4.69, 9.17) is 6.57 Å². The van der Waals surface area contributed by atoms with Crippen molar-refractivity contribution in [2.75, 3.05) is 0 Å². The highest BCUT2D eigenvalue weighted by Gasteiger charge is 2.19. The Hall–Kier alpha value is -9.08. The van der Waals surface area contributed by atoms with E-state index in [0.29, 0.717) is 11.3 Å². The minimum atomic E-state index is 0.626. The van der Waals surface area contributed by atoms with Crippen LogP contribution in [-0.4, -0.2) is 0 Å². The molecule has 0 spiro atoms. The molecular weight excluding hydrogens is 797 g/mol. The van der Waals surface area contributed by atoms with Gasteiger partial charge in [0, 0.05) is 0 Å². The highest BCUT2D eigenvalue weighted by molar-refractivity contribution is 6.21. The molecule has 0 heterocycles. The highest BCUT2D eigenvalue weighted by atomic mass is 14.6. The minimum Gasteiger partial charge on any atom is -0.238 e. The van der Waals surface area contributed by atoms with Crippen LogP contribution in [0.1, 0.15) is 38.9 Å². The molecule has 0 N–H and O–H groups in total. The van der Waals surface area contributed by atoms with Gasteiger partial charge in [-0.05, 0) is 134 Å². The third-order valence-electron chi connectivity index (χ3n) is 12.8. The molecule has 66 heavy (non-hydrogen) atoms. The van der Waals surface area contributed by atoms with Gasteiger partial charge in [-0.25, -0.2) is 4.85 Å². The molecule has 306 valence electrons. The van der Waals surface area contributed by atoms with Gasteiger partial charge < -0.3 is 0 Å². The van der Waals surface area contributed by atoms with Gasteiger partial charge in [0.15, 0.2) is 5.69 Å². The first kappa shape index (κ1) is 39.7. The van der Waals surface area contributed by atoms with Gasteiger partial charge in [-0.1, -0.05) is 218 Å². The molecular formula is C64H40N2. The lowest BCUT2D eigenvalue weighted by Gasteiger charge is -2.19. The Morgan fingerprint density at radius 1 is 0.348 bits per heavy atom. The summed E-state index contributed by atoms with van der Waals surface area (Å²) < 4.78 is 0. The monoisotopic (exact) mass is 836 g/mol. The summed E-state index contributed by atoms with van der Waals surface area (Å²) in [6.07, 6.45) is 4.67. The standard InChI is InChI=1S/C64H40N2/c1-66-50-38-36-47(37-39-50)60(45-18-6-3-7-19-45)41-62-53-22-10-14-26-57(53)64(58-27-15-11-23-54(58)62)49-34-32-48(33-35-49)63-55-24-12-8-20-51(55)61(52-21-9-13-25-56(52)63)40-59(44-16-4-2-5-17-44)46-30-28-43(42-65)29-31-46/h2-41H/b59-40-,60-41-. The highest BCUT2D eigenvalue weighted by Crippen LogP contribution is 2.45. The Kier molecular flexibility index (Phi) is 10.4. The van der Waals surface area contributed by atoms with E-state index in [1.165, 1.54) is 54.2 Å². The Balaban J connectivity index is 1.08. The number of benzene rings is 11. The second-order valence-corrected chi connectivity index (χ2v) is 16.5. The number of hydrogen-bond donors (Lipinski definition) is 0. The van der Waals surface area contributed by atoms with Gasteiger partial charge in [0.05, 0.1) is 18.2 Å². The van der Waals surface area contributed by atoms with E-state index < -0.39 is 0 Å². The van der Waals surface area contributed by atoms with Crippen LogP contribution in [0.2, 0.25) is 0 Å². The molecule has 11 aromatic carbocycles. The number of fused-ring (bicyclic) bond motifs is 4. The lowest BCUT2D eigenvalue weighted by molar-refractivity contribution is 1.47. The lowest BCUT2D eigenvalue weighted by atomic mass is 9.84. The Morgan fingerprint density at radius 2 is 0.652 bits per heavy atom. The zero-order chi connectivity index (χ0) is 44.4. The first-order valence-corrected chi connectivity index (χ1v) is 22.2. The number of hydrogen-bond acceptors (Lipinski definition) is 1. The Morgan fingerprint density at radius 3 is 0.985 bits per heavy atom. The summed E-state index contributed by atoms with van der Waals surface area (Å²) >= 11 is 0. The maximum Gasteiger partial charge on any atom is 0.187 e. The largest absolute Gasteiger partial charge is 0.238 e. The molecule has 0 unspecified atom stereocenters. The molecule has 11 aromatic rings. The molecule has 11 rings (SSSR count). The summed E-state index contributed by atoms with van der Waals surface area (Å²) in [5, 5.41) is 19.0. The zero-order valence-electron chi connectivity index (χ0n) is 36.0. The van der Waals surface area contributed by atoms with Crippen LogP contribution < -0.4 is 0 Å². The van der Waals surface area contributed by atoms with Gasteiger partial charge in [-0.3, -0.25) is 0 Å². The molecule has 0 atom stereocenters. The van der Waals surface area contributed by atoms with Crippen LogP contribution >= 0.6 is 0 Å². The molecule has 0 saturated heterocycles. The molecule has 2 nitrogen and oxygen atoms in total. The first-order valence-electron chi connectivity index (χ1n) is 22.2. The van der Waals surface area contributed by atoms with E-state index in [1.54, 1.807) is 0 Å². The lowest BCUT2D eigenvalue weighted by Crippen LogP contribution is -1.94. The Labute approximate surface area is 384 Å². The van der Waals surface area contributed by atoms with Crippen molar-refractivity contribution in [2.24, 2.45) is 0 Å². The van der Waals surface area contributed by atoms with Gasteiger partial charge >= 0.3 is 0 Å². The van der Waals surface area contributed by atoms with E-state index in [-0.39, 0.29) is 0 Å². The fourth-order valence-electron chi connectivity index (χ4n) is 9.69. The normalized spacial score (nSPS) is 11.8. The molecule has 0 amide bonds. The van der Waals surface area contributed by atoms with Crippen molar-refractivity contribution >= 4 is 72.1 Å². The van der Waals surface area contributed by atoms with E-state index in [2.05, 4.69) is 217 Å². The average Bonchev–Trinajstić information content (AvgIpc) is 3.39. The van der Waals surface area contributed by atoms with E-state index in [1.807, 2.05) is 36.4 Å². The van der Waals surface area contributed by atoms with Crippen LogP contribution in [-0.2, 0) is 0 Å². The Bertz CT molecular complexity index is 3410. The van der Waals surface area contributed by atoms with Crippen molar-refractivity contribution in [1.82, 2.24) is 0 Å². The molecule has 0 fully saturated rings. The number of nitriles is 1. The summed E-state index contributed by atoms with van der Waals surface area (Å²) in [5.74, 6) is 0. The van der Waals surface area contributed by atoms with Crippen molar-refractivity contribution in [2.45, 2.75) is 0 Å². The SMILES string of the molecule is [C-]#[N+]c1ccc(/C(=C\c2c3ccccc3c(-c3ccc(-c4c5ccccc5c(/C=C(/c5ccccc5)c5ccc(C#N)cc5)c5ccccc45)cc3)c3ccccc23)c2ccccc2)cc1. The quantitative estimate of drug-likeness (QED) is 0.0851. The molecule has 0 aliphatic carbocycles. The number of nitrogens with zero attached hydrogens (tertiary/aromatic N) is 2. The molecule has 0 aliphatic heterocycles. The zero-order valence-corrected chi connectivity index (χ0v) is 36.0. The topological polar surface area (TPSA) is 28.1 Å². The van der Waals surface area contributed by atoms with Gasteiger partial charge in [0.1, 0.15) is 0 Å². The van der Waals surface area contributed by atoms with E-state index in [0.717, 1.165) is 55.7 Å². The van der Waals surface area contributed by atoms with Gasteiger partial charge in [-0.2, -0.15) is 5.26 Å². The van der Waals surface area contributed by atoms with Crippen molar-refractivity contribution in [3.8, 4) is 28.3 Å². The summed E-state index contributed by atoms with van der Waals surface area (Å²) in [7, 11) is 0. The van der Waals surface area contributed by atoms with Crippen LogP contribution in [0.15, 0.2) is 231 Å². The maximum atomic E-state index is 9.58. The molecule has 0 radical (unpaired) electrons. The minimum absolute atomic E-state index is 0.626. The van der Waals surface area contributed by atoms with Crippen LogP contribution in [0, 0.1) is 17.9 Å². The maximum absolute atomic E-state index is 9.58. The summed E-state index contributed by atoms with van der Waals surface area (Å²) in [5.41, 5.74) is 14.9. The van der Waals surface area contributed by atoms with Gasteiger partial charge in [0.25, 0.3) is 0 Å². The predicted octanol–water partition coefficient (Wildman–Crippen LogP) is 17.2. The summed E-state index contributed by atoms with van der Waals surface area (Å²) in [4.78, 5) is 3.65. The second-order valence-electron chi connectivity index (χ2n) is 16.5. The van der Waals surface area contributed by atoms with Crippen molar-refractivity contribution in [3.63, 3.8) is 0 Å². The molecule has 0 aliphatic rings. The number of rotatable bonds is 8. The smallest absolute Gasteiger partial charge is 0.187 e. The third-order valence-corrected chi connectivity index (χ3v) is 12.8. The van der Waals surface area contributed by atoms with Crippen LogP contribution in [0.4, 0.5) is 5.69 Å². The van der Waals surface area contributed by atoms with E-state index >= 15 is 0 Å². The summed E-state index contributed by atoms with van der Waals surface area (Å²) in [6, 6.07) is 83.4. The second kappa shape index (κ2) is 17.2. The summed E-state index contributed by atoms with van der Waals surface area (Å²) in [6.45, 7) is 7.55. The fraction of sp³-hybridized carbons (Fsp3) is 0.